The van der Waals surface area contributed by atoms with Crippen LogP contribution in [0, 0.1) is 0 Å². The molecule has 1 saturated heterocycles. The molecular formula is C14H20BClO2S. The van der Waals surface area contributed by atoms with Crippen molar-refractivity contribution in [2.75, 3.05) is 6.26 Å². The van der Waals surface area contributed by atoms with Crippen LogP contribution in [0.2, 0.25) is 5.02 Å². The van der Waals surface area contributed by atoms with Crippen molar-refractivity contribution in [3.8, 4) is 0 Å². The SMILES string of the molecule is CSCc1ccc(B2OC(C)(C)C(C)(C)O2)c(Cl)c1. The fourth-order valence-corrected chi connectivity index (χ4v) is 2.79. The Balaban J connectivity index is 2.25. The Morgan fingerprint density at radius 3 is 2.21 bits per heavy atom. The van der Waals surface area contributed by atoms with Gasteiger partial charge in [-0.1, -0.05) is 23.7 Å². The van der Waals surface area contributed by atoms with Crippen LogP contribution in [0.3, 0.4) is 0 Å². The second-order valence-corrected chi connectivity index (χ2v) is 7.15. The van der Waals surface area contributed by atoms with E-state index in [1.54, 1.807) is 11.8 Å². The maximum absolute atomic E-state index is 6.36. The second-order valence-electron chi connectivity index (χ2n) is 5.88. The molecule has 1 aromatic rings. The van der Waals surface area contributed by atoms with Crippen molar-refractivity contribution in [1.29, 1.82) is 0 Å². The number of thioether (sulfide) groups is 1. The van der Waals surface area contributed by atoms with Crippen LogP contribution in [0.4, 0.5) is 0 Å². The van der Waals surface area contributed by atoms with Crippen molar-refractivity contribution in [3.63, 3.8) is 0 Å². The van der Waals surface area contributed by atoms with Crippen molar-refractivity contribution in [3.05, 3.63) is 28.8 Å². The van der Waals surface area contributed by atoms with Crippen molar-refractivity contribution >= 4 is 35.9 Å². The quantitative estimate of drug-likeness (QED) is 0.796. The molecule has 104 valence electrons. The van der Waals surface area contributed by atoms with E-state index >= 15 is 0 Å². The van der Waals surface area contributed by atoms with Gasteiger partial charge in [0.05, 0.1) is 11.2 Å². The molecule has 0 amide bonds. The molecule has 0 N–H and O–H groups in total. The van der Waals surface area contributed by atoms with Gasteiger partial charge in [-0.3, -0.25) is 0 Å². The molecule has 1 aliphatic heterocycles. The van der Waals surface area contributed by atoms with E-state index in [1.165, 1.54) is 5.56 Å². The zero-order valence-electron chi connectivity index (χ0n) is 12.1. The monoisotopic (exact) mass is 298 g/mol. The van der Waals surface area contributed by atoms with Gasteiger partial charge in [0.25, 0.3) is 0 Å². The zero-order chi connectivity index (χ0) is 14.3. The summed E-state index contributed by atoms with van der Waals surface area (Å²) in [4.78, 5) is 0. The average molecular weight is 299 g/mol. The normalized spacial score (nSPS) is 20.8. The average Bonchev–Trinajstić information content (AvgIpc) is 2.48. The molecule has 2 rings (SSSR count). The second kappa shape index (κ2) is 5.32. The first-order chi connectivity index (χ1) is 8.77. The minimum atomic E-state index is -0.388. The zero-order valence-corrected chi connectivity index (χ0v) is 13.7. The summed E-state index contributed by atoms with van der Waals surface area (Å²) in [7, 11) is -0.388. The first kappa shape index (κ1) is 15.2. The van der Waals surface area contributed by atoms with E-state index in [-0.39, 0.29) is 18.3 Å². The van der Waals surface area contributed by atoms with Gasteiger partial charge >= 0.3 is 7.12 Å². The van der Waals surface area contributed by atoms with Gasteiger partial charge in [-0.05, 0) is 45.6 Å². The van der Waals surface area contributed by atoms with Crippen molar-refractivity contribution < 1.29 is 9.31 Å². The van der Waals surface area contributed by atoms with Crippen LogP contribution in [0.1, 0.15) is 33.3 Å². The fraction of sp³-hybridized carbons (Fsp3) is 0.571. The Morgan fingerprint density at radius 2 is 1.74 bits per heavy atom. The highest BCUT2D eigenvalue weighted by molar-refractivity contribution is 7.97. The molecule has 0 aliphatic carbocycles. The Morgan fingerprint density at radius 1 is 1.16 bits per heavy atom. The molecule has 0 unspecified atom stereocenters. The Kier molecular flexibility index (Phi) is 4.27. The number of halogens is 1. The predicted molar refractivity (Wildman–Crippen MR) is 84.4 cm³/mol. The van der Waals surface area contributed by atoms with Gasteiger partial charge in [-0.25, -0.2) is 0 Å². The van der Waals surface area contributed by atoms with Gasteiger partial charge in [0.15, 0.2) is 0 Å². The molecule has 0 saturated carbocycles. The highest BCUT2D eigenvalue weighted by atomic mass is 35.5. The Labute approximate surface area is 125 Å². The van der Waals surface area contributed by atoms with E-state index < -0.39 is 0 Å². The molecule has 1 fully saturated rings. The molecule has 5 heteroatoms. The number of hydrogen-bond acceptors (Lipinski definition) is 3. The van der Waals surface area contributed by atoms with Gasteiger partial charge in [-0.15, -0.1) is 0 Å². The van der Waals surface area contributed by atoms with Crippen LogP contribution < -0.4 is 5.46 Å². The summed E-state index contributed by atoms with van der Waals surface area (Å²) in [5, 5.41) is 0.713. The van der Waals surface area contributed by atoms with Crippen molar-refractivity contribution in [1.82, 2.24) is 0 Å². The lowest BCUT2D eigenvalue weighted by Crippen LogP contribution is -2.41. The maximum atomic E-state index is 6.36. The molecule has 19 heavy (non-hydrogen) atoms. The van der Waals surface area contributed by atoms with Crippen LogP contribution >= 0.6 is 23.4 Å². The van der Waals surface area contributed by atoms with E-state index in [9.17, 15) is 0 Å². The minimum absolute atomic E-state index is 0.334. The van der Waals surface area contributed by atoms with Gasteiger partial charge in [0.2, 0.25) is 0 Å². The smallest absolute Gasteiger partial charge is 0.399 e. The standard InChI is InChI=1S/C14H20BClO2S/c1-13(2)14(3,4)18-15(17-13)11-7-6-10(9-19-5)8-12(11)16/h6-8H,9H2,1-5H3. The molecular weight excluding hydrogens is 278 g/mol. The molecule has 1 heterocycles. The molecule has 0 spiro atoms. The number of rotatable bonds is 3. The first-order valence-corrected chi connectivity index (χ1v) is 8.17. The molecule has 1 aromatic carbocycles. The fourth-order valence-electron chi connectivity index (χ4n) is 1.99. The van der Waals surface area contributed by atoms with Gasteiger partial charge in [-0.2, -0.15) is 11.8 Å². The molecule has 2 nitrogen and oxygen atoms in total. The third-order valence-electron chi connectivity index (χ3n) is 3.88. The van der Waals surface area contributed by atoms with Gasteiger partial charge < -0.3 is 9.31 Å². The van der Waals surface area contributed by atoms with Gasteiger partial charge in [0, 0.05) is 16.2 Å². The summed E-state index contributed by atoms with van der Waals surface area (Å²) in [6.45, 7) is 8.18. The largest absolute Gasteiger partial charge is 0.496 e. The van der Waals surface area contributed by atoms with Crippen LogP contribution in [-0.2, 0) is 15.1 Å². The molecule has 0 bridgehead atoms. The lowest BCUT2D eigenvalue weighted by Gasteiger charge is -2.32. The topological polar surface area (TPSA) is 18.5 Å². The summed E-state index contributed by atoms with van der Waals surface area (Å²) in [6, 6.07) is 6.09. The summed E-state index contributed by atoms with van der Waals surface area (Å²) in [5.74, 6) is 0.962. The van der Waals surface area contributed by atoms with Crippen LogP contribution in [0.25, 0.3) is 0 Å². The molecule has 1 aliphatic rings. The van der Waals surface area contributed by atoms with Crippen LogP contribution in [0.15, 0.2) is 18.2 Å². The third kappa shape index (κ3) is 2.97. The summed E-state index contributed by atoms with van der Waals surface area (Å²) >= 11 is 8.14. The van der Waals surface area contributed by atoms with Crippen molar-refractivity contribution in [2.24, 2.45) is 0 Å². The molecule has 0 radical (unpaired) electrons. The third-order valence-corrected chi connectivity index (χ3v) is 4.83. The summed E-state index contributed by atoms with van der Waals surface area (Å²) in [5.41, 5.74) is 1.46. The lowest BCUT2D eigenvalue weighted by molar-refractivity contribution is 0.00578. The highest BCUT2D eigenvalue weighted by Gasteiger charge is 2.52. The predicted octanol–water partition coefficient (Wildman–Crippen LogP) is 3.50. The first-order valence-electron chi connectivity index (χ1n) is 6.40. The van der Waals surface area contributed by atoms with Crippen LogP contribution in [0.5, 0.6) is 0 Å². The van der Waals surface area contributed by atoms with E-state index in [1.807, 2.05) is 39.8 Å². The lowest BCUT2D eigenvalue weighted by atomic mass is 9.79. The minimum Gasteiger partial charge on any atom is -0.399 e. The summed E-state index contributed by atoms with van der Waals surface area (Å²) < 4.78 is 12.0. The van der Waals surface area contributed by atoms with E-state index in [0.717, 1.165) is 11.2 Å². The highest BCUT2D eigenvalue weighted by Crippen LogP contribution is 2.37. The molecule has 0 aromatic heterocycles. The van der Waals surface area contributed by atoms with Crippen molar-refractivity contribution in [2.45, 2.75) is 44.6 Å². The molecule has 0 atom stereocenters. The number of hydrogen-bond donors (Lipinski definition) is 0. The number of benzene rings is 1. The van der Waals surface area contributed by atoms with Crippen LogP contribution in [-0.4, -0.2) is 24.6 Å². The Hall–Kier alpha value is -0.155. The maximum Gasteiger partial charge on any atom is 0.496 e. The van der Waals surface area contributed by atoms with E-state index in [4.69, 9.17) is 20.9 Å². The van der Waals surface area contributed by atoms with E-state index in [0.29, 0.717) is 5.02 Å². The van der Waals surface area contributed by atoms with Gasteiger partial charge in [0.1, 0.15) is 0 Å². The van der Waals surface area contributed by atoms with E-state index in [2.05, 4.69) is 12.3 Å². The summed E-state index contributed by atoms with van der Waals surface area (Å²) in [6.07, 6.45) is 2.08. The Bertz CT molecular complexity index is 461.